The summed E-state index contributed by atoms with van der Waals surface area (Å²) in [6.45, 7) is 3.50. The van der Waals surface area contributed by atoms with Gasteiger partial charge in [0.05, 0.1) is 12.3 Å². The lowest BCUT2D eigenvalue weighted by atomic mass is 10.2. The maximum atomic E-state index is 12.0. The maximum absolute atomic E-state index is 12.0. The highest BCUT2D eigenvalue weighted by Crippen LogP contribution is 2.13. The van der Waals surface area contributed by atoms with E-state index in [-0.39, 0.29) is 11.9 Å². The quantitative estimate of drug-likeness (QED) is 0.838. The second-order valence-corrected chi connectivity index (χ2v) is 4.35. The van der Waals surface area contributed by atoms with E-state index in [1.807, 2.05) is 20.0 Å². The third-order valence-electron chi connectivity index (χ3n) is 3.11. The van der Waals surface area contributed by atoms with Crippen LogP contribution in [-0.4, -0.2) is 30.4 Å². The van der Waals surface area contributed by atoms with Crippen molar-refractivity contribution >= 4 is 5.91 Å². The van der Waals surface area contributed by atoms with Crippen molar-refractivity contribution in [2.75, 3.05) is 13.6 Å². The number of aryl methyl sites for hydroxylation is 1. The first-order chi connectivity index (χ1) is 7.68. The van der Waals surface area contributed by atoms with Crippen LogP contribution in [-0.2, 0) is 11.3 Å². The van der Waals surface area contributed by atoms with Crippen LogP contribution in [0.3, 0.4) is 0 Å². The van der Waals surface area contributed by atoms with Gasteiger partial charge in [-0.3, -0.25) is 4.79 Å². The van der Waals surface area contributed by atoms with Gasteiger partial charge in [-0.25, -0.2) is 0 Å². The standard InChI is InChI=1S/C12H18N2O2/c1-9-10(5-7-16-9)8-14(2)12(15)11-4-3-6-13-11/h5,7,11,13H,3-4,6,8H2,1-2H3/t11-/m0/s1. The average Bonchev–Trinajstić information content (AvgIpc) is 2.89. The van der Waals surface area contributed by atoms with Gasteiger partial charge in [-0.15, -0.1) is 0 Å². The molecule has 0 spiro atoms. The molecule has 1 fully saturated rings. The summed E-state index contributed by atoms with van der Waals surface area (Å²) in [5.74, 6) is 1.07. The number of likely N-dealkylation sites (N-methyl/N-ethyl adjacent to an activating group) is 1. The molecule has 1 atom stereocenters. The minimum absolute atomic E-state index is 0.0113. The van der Waals surface area contributed by atoms with E-state index in [2.05, 4.69) is 5.32 Å². The topological polar surface area (TPSA) is 45.5 Å². The Hall–Kier alpha value is -1.29. The van der Waals surface area contributed by atoms with Crippen LogP contribution < -0.4 is 5.32 Å². The fraction of sp³-hybridized carbons (Fsp3) is 0.583. The van der Waals surface area contributed by atoms with Crippen molar-refractivity contribution in [3.8, 4) is 0 Å². The zero-order chi connectivity index (χ0) is 11.5. The molecule has 1 aliphatic heterocycles. The predicted octanol–water partition coefficient (Wildman–Crippen LogP) is 1.30. The lowest BCUT2D eigenvalue weighted by Crippen LogP contribution is -2.41. The molecular formula is C12H18N2O2. The number of amides is 1. The third-order valence-corrected chi connectivity index (χ3v) is 3.11. The number of nitrogens with one attached hydrogen (secondary N) is 1. The minimum atomic E-state index is 0.0113. The highest BCUT2D eigenvalue weighted by atomic mass is 16.3. The van der Waals surface area contributed by atoms with Crippen LogP contribution in [0.1, 0.15) is 24.2 Å². The molecule has 0 radical (unpaired) electrons. The summed E-state index contributed by atoms with van der Waals surface area (Å²) in [7, 11) is 1.84. The number of rotatable bonds is 3. The van der Waals surface area contributed by atoms with Crippen molar-refractivity contribution < 1.29 is 9.21 Å². The van der Waals surface area contributed by atoms with Gasteiger partial charge in [-0.05, 0) is 32.4 Å². The Morgan fingerprint density at radius 2 is 2.50 bits per heavy atom. The van der Waals surface area contributed by atoms with E-state index in [1.165, 1.54) is 0 Å². The predicted molar refractivity (Wildman–Crippen MR) is 60.9 cm³/mol. The molecule has 1 N–H and O–H groups in total. The number of furan rings is 1. The molecule has 1 aromatic heterocycles. The number of hydrogen-bond donors (Lipinski definition) is 1. The van der Waals surface area contributed by atoms with E-state index in [9.17, 15) is 4.79 Å². The summed E-state index contributed by atoms with van der Waals surface area (Å²) in [6, 6.07) is 1.93. The number of carbonyl (C=O) groups excluding carboxylic acids is 1. The number of carbonyl (C=O) groups is 1. The van der Waals surface area contributed by atoms with Gasteiger partial charge in [0.15, 0.2) is 0 Å². The third kappa shape index (κ3) is 2.27. The van der Waals surface area contributed by atoms with E-state index >= 15 is 0 Å². The molecule has 1 saturated heterocycles. The molecule has 0 aliphatic carbocycles. The molecule has 2 rings (SSSR count). The first kappa shape index (κ1) is 11.2. The van der Waals surface area contributed by atoms with Crippen LogP contribution >= 0.6 is 0 Å². The van der Waals surface area contributed by atoms with Gasteiger partial charge in [0, 0.05) is 19.2 Å². The Kier molecular flexibility index (Phi) is 3.29. The normalized spacial score (nSPS) is 20.0. The molecule has 0 saturated carbocycles. The SMILES string of the molecule is Cc1occc1CN(C)C(=O)[C@@H]1CCCN1. The molecule has 0 aromatic carbocycles. The second-order valence-electron chi connectivity index (χ2n) is 4.35. The molecule has 4 heteroatoms. The monoisotopic (exact) mass is 222 g/mol. The van der Waals surface area contributed by atoms with Gasteiger partial charge in [-0.1, -0.05) is 0 Å². The fourth-order valence-electron chi connectivity index (χ4n) is 2.07. The molecular weight excluding hydrogens is 204 g/mol. The van der Waals surface area contributed by atoms with Gasteiger partial charge >= 0.3 is 0 Å². The average molecular weight is 222 g/mol. The molecule has 4 nitrogen and oxygen atoms in total. The van der Waals surface area contributed by atoms with E-state index in [0.717, 1.165) is 30.7 Å². The van der Waals surface area contributed by atoms with Crippen LogP contribution in [0.4, 0.5) is 0 Å². The highest BCUT2D eigenvalue weighted by Gasteiger charge is 2.25. The van der Waals surface area contributed by atoms with Crippen molar-refractivity contribution in [1.29, 1.82) is 0 Å². The van der Waals surface area contributed by atoms with E-state index in [4.69, 9.17) is 4.42 Å². The Bertz CT molecular complexity index is 367. The van der Waals surface area contributed by atoms with Crippen molar-refractivity contribution in [2.24, 2.45) is 0 Å². The highest BCUT2D eigenvalue weighted by molar-refractivity contribution is 5.81. The van der Waals surface area contributed by atoms with Crippen LogP contribution in [0.15, 0.2) is 16.7 Å². The smallest absolute Gasteiger partial charge is 0.239 e. The Morgan fingerprint density at radius 1 is 1.69 bits per heavy atom. The van der Waals surface area contributed by atoms with Crippen molar-refractivity contribution in [3.05, 3.63) is 23.7 Å². The summed E-state index contributed by atoms with van der Waals surface area (Å²) < 4.78 is 5.22. The first-order valence-electron chi connectivity index (χ1n) is 5.70. The van der Waals surface area contributed by atoms with Crippen molar-refractivity contribution in [3.63, 3.8) is 0 Å². The Morgan fingerprint density at radius 3 is 3.06 bits per heavy atom. The molecule has 1 aromatic rings. The van der Waals surface area contributed by atoms with E-state index < -0.39 is 0 Å². The summed E-state index contributed by atoms with van der Waals surface area (Å²) in [5, 5.41) is 3.22. The van der Waals surface area contributed by atoms with Crippen LogP contribution in [0.5, 0.6) is 0 Å². The summed E-state index contributed by atoms with van der Waals surface area (Å²) >= 11 is 0. The minimum Gasteiger partial charge on any atom is -0.469 e. The van der Waals surface area contributed by atoms with E-state index in [1.54, 1.807) is 11.2 Å². The molecule has 16 heavy (non-hydrogen) atoms. The fourth-order valence-corrected chi connectivity index (χ4v) is 2.07. The molecule has 1 aliphatic rings. The summed E-state index contributed by atoms with van der Waals surface area (Å²) in [5.41, 5.74) is 1.08. The van der Waals surface area contributed by atoms with Crippen LogP contribution in [0.25, 0.3) is 0 Å². The van der Waals surface area contributed by atoms with Crippen molar-refractivity contribution in [2.45, 2.75) is 32.4 Å². The first-order valence-corrected chi connectivity index (χ1v) is 5.70. The maximum Gasteiger partial charge on any atom is 0.239 e. The van der Waals surface area contributed by atoms with Gasteiger partial charge in [0.1, 0.15) is 5.76 Å². The molecule has 1 amide bonds. The Balaban J connectivity index is 1.94. The second kappa shape index (κ2) is 4.70. The molecule has 88 valence electrons. The summed E-state index contributed by atoms with van der Waals surface area (Å²) in [6.07, 6.45) is 3.71. The molecule has 0 bridgehead atoms. The molecule has 2 heterocycles. The van der Waals surface area contributed by atoms with Gasteiger partial charge in [0.25, 0.3) is 0 Å². The molecule has 0 unspecified atom stereocenters. The van der Waals surface area contributed by atoms with E-state index in [0.29, 0.717) is 6.54 Å². The van der Waals surface area contributed by atoms with Gasteiger partial charge in [-0.2, -0.15) is 0 Å². The lowest BCUT2D eigenvalue weighted by molar-refractivity contribution is -0.132. The zero-order valence-electron chi connectivity index (χ0n) is 9.82. The van der Waals surface area contributed by atoms with Crippen molar-refractivity contribution in [1.82, 2.24) is 10.2 Å². The summed E-state index contributed by atoms with van der Waals surface area (Å²) in [4.78, 5) is 13.8. The zero-order valence-corrected chi connectivity index (χ0v) is 9.82. The number of nitrogens with zero attached hydrogens (tertiary/aromatic N) is 1. The Labute approximate surface area is 95.6 Å². The number of hydrogen-bond acceptors (Lipinski definition) is 3. The largest absolute Gasteiger partial charge is 0.469 e. The van der Waals surface area contributed by atoms with Gasteiger partial charge in [0.2, 0.25) is 5.91 Å². The lowest BCUT2D eigenvalue weighted by Gasteiger charge is -2.20. The van der Waals surface area contributed by atoms with Crippen LogP contribution in [0, 0.1) is 6.92 Å². The van der Waals surface area contributed by atoms with Gasteiger partial charge < -0.3 is 14.6 Å². The van der Waals surface area contributed by atoms with Crippen LogP contribution in [0.2, 0.25) is 0 Å².